The first-order chi connectivity index (χ1) is 16.5. The molecule has 168 valence electrons. The molecule has 0 bridgehead atoms. The van der Waals surface area contributed by atoms with Crippen LogP contribution in [0.25, 0.3) is 0 Å². The average Bonchev–Trinajstić information content (AvgIpc) is 2.86. The molecule has 0 saturated carbocycles. The average molecular weight is 450 g/mol. The molecule has 1 heterocycles. The van der Waals surface area contributed by atoms with Gasteiger partial charge in [-0.05, 0) is 67.1 Å². The predicted octanol–water partition coefficient (Wildman–Crippen LogP) is 5.15. The molecule has 0 unspecified atom stereocenters. The van der Waals surface area contributed by atoms with Crippen molar-refractivity contribution >= 4 is 34.9 Å². The molecular weight excluding hydrogens is 428 g/mol. The fourth-order valence-electron chi connectivity index (χ4n) is 3.25. The van der Waals surface area contributed by atoms with Crippen LogP contribution in [0.3, 0.4) is 0 Å². The van der Waals surface area contributed by atoms with Crippen molar-refractivity contribution in [1.29, 1.82) is 0 Å². The smallest absolute Gasteiger partial charge is 0.256 e. The zero-order chi connectivity index (χ0) is 23.9. The molecule has 0 radical (unpaired) electrons. The van der Waals surface area contributed by atoms with Gasteiger partial charge in [0.2, 0.25) is 0 Å². The lowest BCUT2D eigenvalue weighted by Crippen LogP contribution is -2.16. The van der Waals surface area contributed by atoms with Gasteiger partial charge >= 0.3 is 0 Å². The molecule has 4 rings (SSSR count). The second-order valence-corrected chi connectivity index (χ2v) is 7.55. The van der Waals surface area contributed by atoms with Crippen molar-refractivity contribution in [3.8, 4) is 0 Å². The van der Waals surface area contributed by atoms with Gasteiger partial charge in [0, 0.05) is 34.3 Å². The number of nitrogens with one attached hydrogen (secondary N) is 3. The number of carbonyl (C=O) groups is 3. The molecule has 0 saturated heterocycles. The SMILES string of the molecule is Cc1ccc(C(=O)Nc2cccc(C(=O)Nc3ccccn3)c2)cc1NC(=O)c1ccccc1. The number of aromatic nitrogens is 1. The minimum absolute atomic E-state index is 0.257. The Bertz CT molecular complexity index is 1340. The molecule has 1 aromatic heterocycles. The van der Waals surface area contributed by atoms with Gasteiger partial charge < -0.3 is 16.0 Å². The van der Waals surface area contributed by atoms with Crippen LogP contribution in [0.2, 0.25) is 0 Å². The molecule has 0 fully saturated rings. The Morgan fingerprint density at radius 2 is 1.29 bits per heavy atom. The van der Waals surface area contributed by atoms with Crippen molar-refractivity contribution in [3.63, 3.8) is 0 Å². The summed E-state index contributed by atoms with van der Waals surface area (Å²) in [5.74, 6) is -0.520. The lowest BCUT2D eigenvalue weighted by Gasteiger charge is -2.12. The second-order valence-electron chi connectivity index (χ2n) is 7.55. The zero-order valence-electron chi connectivity index (χ0n) is 18.4. The number of benzene rings is 3. The van der Waals surface area contributed by atoms with E-state index >= 15 is 0 Å². The highest BCUT2D eigenvalue weighted by Crippen LogP contribution is 2.20. The Morgan fingerprint density at radius 1 is 0.618 bits per heavy atom. The molecule has 34 heavy (non-hydrogen) atoms. The minimum atomic E-state index is -0.363. The Balaban J connectivity index is 1.46. The number of rotatable bonds is 6. The summed E-state index contributed by atoms with van der Waals surface area (Å²) in [6.07, 6.45) is 1.59. The Kier molecular flexibility index (Phi) is 6.74. The van der Waals surface area contributed by atoms with Gasteiger partial charge in [-0.25, -0.2) is 4.98 Å². The van der Waals surface area contributed by atoms with Gasteiger partial charge in [-0.2, -0.15) is 0 Å². The maximum absolute atomic E-state index is 12.9. The third-order valence-electron chi connectivity index (χ3n) is 5.07. The van der Waals surface area contributed by atoms with E-state index in [0.29, 0.717) is 33.9 Å². The second kappa shape index (κ2) is 10.2. The van der Waals surface area contributed by atoms with E-state index in [-0.39, 0.29) is 17.7 Å². The maximum Gasteiger partial charge on any atom is 0.256 e. The van der Waals surface area contributed by atoms with E-state index in [0.717, 1.165) is 5.56 Å². The van der Waals surface area contributed by atoms with E-state index < -0.39 is 0 Å². The van der Waals surface area contributed by atoms with Crippen molar-refractivity contribution in [2.24, 2.45) is 0 Å². The van der Waals surface area contributed by atoms with Gasteiger partial charge in [0.05, 0.1) is 0 Å². The normalized spacial score (nSPS) is 10.3. The standard InChI is InChI=1S/C27H22N4O3/c1-18-13-14-21(17-23(18)30-25(32)19-8-3-2-4-9-19)26(33)29-22-11-7-10-20(16-22)27(34)31-24-12-5-6-15-28-24/h2-17H,1H3,(H,29,33)(H,30,32)(H,28,31,34). The van der Waals surface area contributed by atoms with Gasteiger partial charge in [0.25, 0.3) is 17.7 Å². The number of amides is 3. The Labute approximate surface area is 196 Å². The van der Waals surface area contributed by atoms with Crippen LogP contribution in [0.1, 0.15) is 36.6 Å². The van der Waals surface area contributed by atoms with Gasteiger partial charge in [0.15, 0.2) is 0 Å². The predicted molar refractivity (Wildman–Crippen MR) is 132 cm³/mol. The quantitative estimate of drug-likeness (QED) is 0.378. The summed E-state index contributed by atoms with van der Waals surface area (Å²) in [5, 5.41) is 8.37. The fourth-order valence-corrected chi connectivity index (χ4v) is 3.25. The topological polar surface area (TPSA) is 100 Å². The molecule has 4 aromatic rings. The van der Waals surface area contributed by atoms with Gasteiger partial charge in [0.1, 0.15) is 5.82 Å². The lowest BCUT2D eigenvalue weighted by molar-refractivity contribution is 0.101. The molecule has 3 N–H and O–H groups in total. The van der Waals surface area contributed by atoms with E-state index in [1.54, 1.807) is 91.1 Å². The number of pyridine rings is 1. The van der Waals surface area contributed by atoms with Crippen molar-refractivity contribution in [3.05, 3.63) is 119 Å². The number of hydrogen-bond donors (Lipinski definition) is 3. The third kappa shape index (κ3) is 5.52. The summed E-state index contributed by atoms with van der Waals surface area (Å²) in [4.78, 5) is 42.0. The highest BCUT2D eigenvalue weighted by atomic mass is 16.2. The summed E-state index contributed by atoms with van der Waals surface area (Å²) in [5.41, 5.74) is 3.12. The summed E-state index contributed by atoms with van der Waals surface area (Å²) in [6, 6.07) is 25.8. The third-order valence-corrected chi connectivity index (χ3v) is 5.07. The Morgan fingerprint density at radius 3 is 2.06 bits per heavy atom. The summed E-state index contributed by atoms with van der Waals surface area (Å²) < 4.78 is 0. The van der Waals surface area contributed by atoms with E-state index in [1.807, 2.05) is 13.0 Å². The maximum atomic E-state index is 12.9. The van der Waals surface area contributed by atoms with Crippen LogP contribution in [0.15, 0.2) is 97.2 Å². The first-order valence-corrected chi connectivity index (χ1v) is 10.6. The minimum Gasteiger partial charge on any atom is -0.322 e. The van der Waals surface area contributed by atoms with Crippen molar-refractivity contribution < 1.29 is 14.4 Å². The number of hydrogen-bond acceptors (Lipinski definition) is 4. The van der Waals surface area contributed by atoms with Crippen LogP contribution in [-0.2, 0) is 0 Å². The fraction of sp³-hybridized carbons (Fsp3) is 0.0370. The van der Waals surface area contributed by atoms with Crippen LogP contribution in [-0.4, -0.2) is 22.7 Å². The molecule has 0 atom stereocenters. The number of nitrogens with zero attached hydrogens (tertiary/aromatic N) is 1. The number of anilines is 3. The highest BCUT2D eigenvalue weighted by molar-refractivity contribution is 6.09. The molecule has 7 nitrogen and oxygen atoms in total. The largest absolute Gasteiger partial charge is 0.322 e. The Hall–Kier alpha value is -4.78. The highest BCUT2D eigenvalue weighted by Gasteiger charge is 2.13. The van der Waals surface area contributed by atoms with E-state index in [1.165, 1.54) is 0 Å². The molecule has 0 aliphatic rings. The van der Waals surface area contributed by atoms with E-state index in [9.17, 15) is 14.4 Å². The first-order valence-electron chi connectivity index (χ1n) is 10.6. The molecule has 0 aliphatic heterocycles. The molecule has 0 spiro atoms. The van der Waals surface area contributed by atoms with Crippen LogP contribution in [0.5, 0.6) is 0 Å². The molecular formula is C27H22N4O3. The summed E-state index contributed by atoms with van der Waals surface area (Å²) in [6.45, 7) is 1.85. The number of carbonyl (C=O) groups excluding carboxylic acids is 3. The summed E-state index contributed by atoms with van der Waals surface area (Å²) >= 11 is 0. The van der Waals surface area contributed by atoms with E-state index in [2.05, 4.69) is 20.9 Å². The van der Waals surface area contributed by atoms with Crippen LogP contribution < -0.4 is 16.0 Å². The van der Waals surface area contributed by atoms with Gasteiger partial charge in [-0.15, -0.1) is 0 Å². The summed E-state index contributed by atoms with van der Waals surface area (Å²) in [7, 11) is 0. The monoisotopic (exact) mass is 450 g/mol. The van der Waals surface area contributed by atoms with E-state index in [4.69, 9.17) is 0 Å². The lowest BCUT2D eigenvalue weighted by atomic mass is 10.1. The molecule has 3 aromatic carbocycles. The molecule has 7 heteroatoms. The van der Waals surface area contributed by atoms with Crippen molar-refractivity contribution in [1.82, 2.24) is 4.98 Å². The molecule has 3 amide bonds. The van der Waals surface area contributed by atoms with Crippen LogP contribution in [0, 0.1) is 6.92 Å². The van der Waals surface area contributed by atoms with Crippen LogP contribution in [0.4, 0.5) is 17.2 Å². The first kappa shape index (κ1) is 22.4. The van der Waals surface area contributed by atoms with Crippen molar-refractivity contribution in [2.75, 3.05) is 16.0 Å². The number of aryl methyl sites for hydroxylation is 1. The van der Waals surface area contributed by atoms with Crippen molar-refractivity contribution in [2.45, 2.75) is 6.92 Å². The van der Waals surface area contributed by atoms with Gasteiger partial charge in [-0.1, -0.05) is 36.4 Å². The van der Waals surface area contributed by atoms with Crippen LogP contribution >= 0.6 is 0 Å². The zero-order valence-corrected chi connectivity index (χ0v) is 18.4. The van der Waals surface area contributed by atoms with Gasteiger partial charge in [-0.3, -0.25) is 14.4 Å². The molecule has 0 aliphatic carbocycles.